The molecule has 1 aliphatic rings. The summed E-state index contributed by atoms with van der Waals surface area (Å²) in [6.07, 6.45) is 2.46. The van der Waals surface area contributed by atoms with Gasteiger partial charge in [0.25, 0.3) is 0 Å². The van der Waals surface area contributed by atoms with Crippen LogP contribution in [-0.2, 0) is 4.74 Å². The Morgan fingerprint density at radius 2 is 2.26 bits per heavy atom. The summed E-state index contributed by atoms with van der Waals surface area (Å²) in [5.74, 6) is 0.458. The minimum Gasteiger partial charge on any atom is -0.444 e. The van der Waals surface area contributed by atoms with Crippen LogP contribution in [0.15, 0.2) is 0 Å². The van der Waals surface area contributed by atoms with Crippen LogP contribution in [0.3, 0.4) is 0 Å². The molecule has 108 valence electrons. The number of likely N-dealkylation sites (tertiary alicyclic amines) is 1. The molecule has 5 nitrogen and oxygen atoms in total. The van der Waals surface area contributed by atoms with E-state index in [1.807, 2.05) is 20.8 Å². The van der Waals surface area contributed by atoms with Crippen LogP contribution in [0, 0.1) is 17.2 Å². The molecule has 1 N–H and O–H groups in total. The van der Waals surface area contributed by atoms with Gasteiger partial charge in [-0.1, -0.05) is 0 Å². The first-order chi connectivity index (χ1) is 8.92. The maximum Gasteiger partial charge on any atom is 0.410 e. The molecule has 1 aliphatic heterocycles. The quantitative estimate of drug-likeness (QED) is 0.793. The lowest BCUT2D eigenvalue weighted by molar-refractivity contribution is 0.0166. The number of carbonyl (C=O) groups is 1. The van der Waals surface area contributed by atoms with Gasteiger partial charge in [0.1, 0.15) is 5.60 Å². The van der Waals surface area contributed by atoms with Gasteiger partial charge in [0.2, 0.25) is 0 Å². The first-order valence-corrected chi connectivity index (χ1v) is 6.98. The van der Waals surface area contributed by atoms with Gasteiger partial charge < -0.3 is 15.0 Å². The second-order valence-electron chi connectivity index (χ2n) is 6.05. The van der Waals surface area contributed by atoms with E-state index in [1.165, 1.54) is 0 Å². The van der Waals surface area contributed by atoms with Gasteiger partial charge in [-0.15, -0.1) is 0 Å². The fraction of sp³-hybridized carbons (Fsp3) is 0.857. The zero-order valence-electron chi connectivity index (χ0n) is 12.2. The van der Waals surface area contributed by atoms with E-state index in [0.717, 1.165) is 39.0 Å². The molecule has 5 heteroatoms. The van der Waals surface area contributed by atoms with E-state index in [-0.39, 0.29) is 6.09 Å². The topological polar surface area (TPSA) is 65.4 Å². The summed E-state index contributed by atoms with van der Waals surface area (Å²) in [6.45, 7) is 8.76. The Hall–Kier alpha value is -1.28. The van der Waals surface area contributed by atoms with E-state index in [2.05, 4.69) is 11.4 Å². The second-order valence-corrected chi connectivity index (χ2v) is 6.05. The Balaban J connectivity index is 2.33. The van der Waals surface area contributed by atoms with Gasteiger partial charge in [-0.05, 0) is 46.1 Å². The van der Waals surface area contributed by atoms with E-state index in [0.29, 0.717) is 12.3 Å². The molecule has 1 atom stereocenters. The van der Waals surface area contributed by atoms with Gasteiger partial charge in [-0.3, -0.25) is 0 Å². The summed E-state index contributed by atoms with van der Waals surface area (Å²) in [6, 6.07) is 2.11. The average molecular weight is 267 g/mol. The lowest BCUT2D eigenvalue weighted by Crippen LogP contribution is -2.45. The Morgan fingerprint density at radius 3 is 2.89 bits per heavy atom. The number of nitrogens with zero attached hydrogens (tertiary/aromatic N) is 2. The summed E-state index contributed by atoms with van der Waals surface area (Å²) in [5, 5.41) is 11.7. The van der Waals surface area contributed by atoms with Crippen molar-refractivity contribution < 1.29 is 9.53 Å². The molecule has 0 aromatic carbocycles. The zero-order valence-corrected chi connectivity index (χ0v) is 12.2. The number of rotatable bonds is 4. The van der Waals surface area contributed by atoms with E-state index in [4.69, 9.17) is 10.00 Å². The first-order valence-electron chi connectivity index (χ1n) is 6.98. The maximum absolute atomic E-state index is 12.0. The molecule has 1 saturated heterocycles. The molecular weight excluding hydrogens is 242 g/mol. The van der Waals surface area contributed by atoms with Crippen molar-refractivity contribution in [2.75, 3.05) is 26.2 Å². The maximum atomic E-state index is 12.0. The highest BCUT2D eigenvalue weighted by atomic mass is 16.6. The zero-order chi connectivity index (χ0) is 14.3. The molecule has 1 unspecified atom stereocenters. The van der Waals surface area contributed by atoms with Gasteiger partial charge in [0, 0.05) is 26.1 Å². The lowest BCUT2D eigenvalue weighted by atomic mass is 9.98. The molecule has 0 aromatic heterocycles. The Kier molecular flexibility index (Phi) is 6.10. The smallest absolute Gasteiger partial charge is 0.410 e. The minimum absolute atomic E-state index is 0.214. The number of hydrogen-bond acceptors (Lipinski definition) is 4. The van der Waals surface area contributed by atoms with Crippen LogP contribution in [0.5, 0.6) is 0 Å². The van der Waals surface area contributed by atoms with Gasteiger partial charge >= 0.3 is 6.09 Å². The minimum atomic E-state index is -0.435. The lowest BCUT2D eigenvalue weighted by Gasteiger charge is -2.34. The summed E-state index contributed by atoms with van der Waals surface area (Å²) < 4.78 is 5.39. The molecule has 0 saturated carbocycles. The van der Waals surface area contributed by atoms with Crippen molar-refractivity contribution in [2.45, 2.75) is 45.6 Å². The highest BCUT2D eigenvalue weighted by Gasteiger charge is 2.27. The van der Waals surface area contributed by atoms with Gasteiger partial charge in [-0.2, -0.15) is 5.26 Å². The van der Waals surface area contributed by atoms with Crippen LogP contribution in [0.25, 0.3) is 0 Å². The summed E-state index contributed by atoms with van der Waals surface area (Å²) >= 11 is 0. The van der Waals surface area contributed by atoms with Crippen LogP contribution < -0.4 is 5.32 Å². The van der Waals surface area contributed by atoms with Crippen molar-refractivity contribution in [3.05, 3.63) is 0 Å². The predicted octanol–water partition coefficient (Wildman–Crippen LogP) is 2.14. The molecule has 0 aromatic rings. The highest BCUT2D eigenvalue weighted by molar-refractivity contribution is 5.68. The van der Waals surface area contributed by atoms with E-state index >= 15 is 0 Å². The van der Waals surface area contributed by atoms with Gasteiger partial charge in [0.15, 0.2) is 0 Å². The van der Waals surface area contributed by atoms with E-state index in [1.54, 1.807) is 4.90 Å². The number of carbonyl (C=O) groups excluding carboxylic acids is 1. The van der Waals surface area contributed by atoms with Crippen molar-refractivity contribution in [2.24, 2.45) is 5.92 Å². The number of piperidine rings is 1. The normalized spacial score (nSPS) is 19.9. The summed E-state index contributed by atoms with van der Waals surface area (Å²) in [4.78, 5) is 13.8. The molecule has 1 amide bonds. The van der Waals surface area contributed by atoms with Crippen molar-refractivity contribution in [1.82, 2.24) is 10.2 Å². The van der Waals surface area contributed by atoms with Crippen molar-refractivity contribution >= 4 is 6.09 Å². The Morgan fingerprint density at radius 1 is 1.53 bits per heavy atom. The average Bonchev–Trinajstić information content (AvgIpc) is 2.33. The van der Waals surface area contributed by atoms with Crippen LogP contribution >= 0.6 is 0 Å². The summed E-state index contributed by atoms with van der Waals surface area (Å²) in [5.41, 5.74) is -0.435. The third-order valence-corrected chi connectivity index (χ3v) is 3.02. The third kappa shape index (κ3) is 6.44. The Labute approximate surface area is 115 Å². The van der Waals surface area contributed by atoms with Crippen LogP contribution in [0.4, 0.5) is 4.79 Å². The second kappa shape index (κ2) is 7.34. The van der Waals surface area contributed by atoms with Gasteiger partial charge in [0.05, 0.1) is 6.07 Å². The fourth-order valence-electron chi connectivity index (χ4n) is 2.17. The molecule has 0 aliphatic carbocycles. The third-order valence-electron chi connectivity index (χ3n) is 3.02. The van der Waals surface area contributed by atoms with Crippen LogP contribution in [-0.4, -0.2) is 42.8 Å². The van der Waals surface area contributed by atoms with E-state index < -0.39 is 5.60 Å². The van der Waals surface area contributed by atoms with Crippen LogP contribution in [0.2, 0.25) is 0 Å². The molecule has 0 spiro atoms. The summed E-state index contributed by atoms with van der Waals surface area (Å²) in [7, 11) is 0. The number of ether oxygens (including phenoxy) is 1. The molecule has 1 heterocycles. The van der Waals surface area contributed by atoms with Crippen molar-refractivity contribution in [3.63, 3.8) is 0 Å². The largest absolute Gasteiger partial charge is 0.444 e. The number of amides is 1. The van der Waals surface area contributed by atoms with Crippen molar-refractivity contribution in [1.29, 1.82) is 5.26 Å². The van der Waals surface area contributed by atoms with Crippen LogP contribution in [0.1, 0.15) is 40.0 Å². The van der Waals surface area contributed by atoms with Crippen molar-refractivity contribution in [3.8, 4) is 6.07 Å². The molecule has 0 radical (unpaired) electrons. The van der Waals surface area contributed by atoms with E-state index in [9.17, 15) is 4.79 Å². The standard InChI is InChI=1S/C14H25N3O2/c1-14(2,3)19-13(18)17-9-4-6-12(11-17)10-16-8-5-7-15/h12,16H,4-6,8-11H2,1-3H3. The molecule has 1 fully saturated rings. The Bertz CT molecular complexity index is 331. The SMILES string of the molecule is CC(C)(C)OC(=O)N1CCCC(CNCCC#N)C1. The highest BCUT2D eigenvalue weighted by Crippen LogP contribution is 2.18. The fourth-order valence-corrected chi connectivity index (χ4v) is 2.17. The number of hydrogen-bond donors (Lipinski definition) is 1. The monoisotopic (exact) mass is 267 g/mol. The predicted molar refractivity (Wildman–Crippen MR) is 73.6 cm³/mol. The molecule has 1 rings (SSSR count). The number of nitriles is 1. The number of nitrogens with one attached hydrogen (secondary N) is 1. The molecular formula is C14H25N3O2. The first kappa shape index (κ1) is 15.8. The molecule has 19 heavy (non-hydrogen) atoms. The van der Waals surface area contributed by atoms with Gasteiger partial charge in [-0.25, -0.2) is 4.79 Å². The molecule has 0 bridgehead atoms.